The van der Waals surface area contributed by atoms with Crippen LogP contribution >= 0.6 is 0 Å². The van der Waals surface area contributed by atoms with Crippen molar-refractivity contribution in [3.8, 4) is 0 Å². The number of nitrogens with zero attached hydrogens (tertiary/aromatic N) is 2. The Balaban J connectivity index is 1.77. The van der Waals surface area contributed by atoms with Crippen LogP contribution in [0.1, 0.15) is 50.5 Å². The van der Waals surface area contributed by atoms with Crippen LogP contribution in [0.3, 0.4) is 0 Å². The summed E-state index contributed by atoms with van der Waals surface area (Å²) >= 11 is 0. The Hall–Kier alpha value is -1.89. The third-order valence-electron chi connectivity index (χ3n) is 5.24. The molecule has 3 rings (SSSR count). The number of aliphatic hydroxyl groups is 1. The van der Waals surface area contributed by atoms with Gasteiger partial charge in [0.2, 0.25) is 5.91 Å². The molecule has 0 saturated heterocycles. The molecule has 0 bridgehead atoms. The highest BCUT2D eigenvalue weighted by Crippen LogP contribution is 2.43. The van der Waals surface area contributed by atoms with Gasteiger partial charge in [-0.15, -0.1) is 0 Å². The molecule has 2 aliphatic rings. The molecule has 1 atom stereocenters. The second-order valence-electron chi connectivity index (χ2n) is 7.11. The first-order chi connectivity index (χ1) is 12.3. The summed E-state index contributed by atoms with van der Waals surface area (Å²) in [6, 6.07) is 9.06. The van der Waals surface area contributed by atoms with Crippen LogP contribution in [0.25, 0.3) is 0 Å². The Morgan fingerprint density at radius 3 is 2.46 bits per heavy atom. The maximum atomic E-state index is 13.5. The summed E-state index contributed by atoms with van der Waals surface area (Å²) in [5.74, 6) is -0.885. The first-order valence-electron chi connectivity index (χ1n) is 9.05. The van der Waals surface area contributed by atoms with E-state index in [9.17, 15) is 23.1 Å². The molecule has 1 fully saturated rings. The van der Waals surface area contributed by atoms with Crippen molar-refractivity contribution in [2.24, 2.45) is 11.0 Å². The number of carbonyl (C=O) groups is 1. The van der Waals surface area contributed by atoms with E-state index in [1.807, 2.05) is 18.2 Å². The fourth-order valence-electron chi connectivity index (χ4n) is 3.72. The molecule has 1 aromatic carbocycles. The number of hydrogen-bond acceptors (Lipinski definition) is 3. The molecule has 7 heteroatoms. The Labute approximate surface area is 150 Å². The van der Waals surface area contributed by atoms with Gasteiger partial charge in [0.1, 0.15) is 0 Å². The molecule has 1 N–H and O–H groups in total. The summed E-state index contributed by atoms with van der Waals surface area (Å²) in [5.41, 5.74) is -2.07. The Morgan fingerprint density at radius 2 is 1.85 bits per heavy atom. The van der Waals surface area contributed by atoms with E-state index in [1.54, 1.807) is 12.1 Å². The Morgan fingerprint density at radius 1 is 1.19 bits per heavy atom. The molecule has 0 aromatic heterocycles. The standard InChI is InChI=1S/C19H23F3N2O2/c20-19(21,22)18(26)13-16(15-9-5-2-6-10-15)23-24(18)17(25)12-11-14-7-3-1-4-8-14/h1,3-4,7-8,15,26H,2,5-6,9-13H2/t18-/m0/s1. The highest BCUT2D eigenvalue weighted by atomic mass is 19.4. The maximum absolute atomic E-state index is 13.5. The maximum Gasteiger partial charge on any atom is 0.438 e. The predicted octanol–water partition coefficient (Wildman–Crippen LogP) is 4.04. The highest BCUT2D eigenvalue weighted by molar-refractivity contribution is 5.92. The van der Waals surface area contributed by atoms with Gasteiger partial charge in [0.05, 0.1) is 0 Å². The monoisotopic (exact) mass is 368 g/mol. The third kappa shape index (κ3) is 3.77. The molecule has 1 aromatic rings. The number of hydrazone groups is 1. The lowest BCUT2D eigenvalue weighted by molar-refractivity contribution is -0.302. The lowest BCUT2D eigenvalue weighted by atomic mass is 9.83. The molecule has 1 saturated carbocycles. The molecule has 1 aliphatic carbocycles. The van der Waals surface area contributed by atoms with Gasteiger partial charge in [-0.25, -0.2) is 0 Å². The van der Waals surface area contributed by atoms with Crippen molar-refractivity contribution in [1.82, 2.24) is 5.01 Å². The van der Waals surface area contributed by atoms with Crippen LogP contribution in [0.15, 0.2) is 35.4 Å². The van der Waals surface area contributed by atoms with Gasteiger partial charge in [0, 0.05) is 18.6 Å². The van der Waals surface area contributed by atoms with Crippen molar-refractivity contribution < 1.29 is 23.1 Å². The molecule has 142 valence electrons. The van der Waals surface area contributed by atoms with Crippen molar-refractivity contribution in [1.29, 1.82) is 0 Å². The van der Waals surface area contributed by atoms with Crippen molar-refractivity contribution in [3.05, 3.63) is 35.9 Å². The van der Waals surface area contributed by atoms with Crippen LogP contribution in [0.4, 0.5) is 13.2 Å². The Kier molecular flexibility index (Phi) is 5.37. The van der Waals surface area contributed by atoms with Gasteiger partial charge >= 0.3 is 6.18 Å². The smallest absolute Gasteiger partial charge is 0.362 e. The number of aryl methyl sites for hydroxylation is 1. The van der Waals surface area contributed by atoms with E-state index in [-0.39, 0.29) is 12.3 Å². The van der Waals surface area contributed by atoms with E-state index >= 15 is 0 Å². The topological polar surface area (TPSA) is 52.9 Å². The van der Waals surface area contributed by atoms with E-state index in [2.05, 4.69) is 5.10 Å². The van der Waals surface area contributed by atoms with Crippen LogP contribution in [0.2, 0.25) is 0 Å². The van der Waals surface area contributed by atoms with Gasteiger partial charge in [-0.1, -0.05) is 49.6 Å². The summed E-state index contributed by atoms with van der Waals surface area (Å²) in [6.45, 7) is 0. The summed E-state index contributed by atoms with van der Waals surface area (Å²) in [7, 11) is 0. The number of carbonyl (C=O) groups excluding carboxylic acids is 1. The quantitative estimate of drug-likeness (QED) is 0.872. The van der Waals surface area contributed by atoms with Crippen molar-refractivity contribution >= 4 is 11.6 Å². The molecular weight excluding hydrogens is 345 g/mol. The van der Waals surface area contributed by atoms with Gasteiger partial charge in [0.25, 0.3) is 5.72 Å². The first-order valence-corrected chi connectivity index (χ1v) is 9.05. The average molecular weight is 368 g/mol. The molecule has 1 aliphatic heterocycles. The minimum absolute atomic E-state index is 0.0791. The molecular formula is C19H23F3N2O2. The highest BCUT2D eigenvalue weighted by Gasteiger charge is 2.63. The molecule has 26 heavy (non-hydrogen) atoms. The lowest BCUT2D eigenvalue weighted by Gasteiger charge is -2.32. The van der Waals surface area contributed by atoms with Gasteiger partial charge in [-0.05, 0) is 30.7 Å². The minimum atomic E-state index is -4.95. The van der Waals surface area contributed by atoms with Gasteiger partial charge in [-0.2, -0.15) is 23.3 Å². The molecule has 4 nitrogen and oxygen atoms in total. The van der Waals surface area contributed by atoms with Gasteiger partial charge in [-0.3, -0.25) is 4.79 Å². The second-order valence-corrected chi connectivity index (χ2v) is 7.11. The summed E-state index contributed by atoms with van der Waals surface area (Å²) in [4.78, 5) is 12.5. The van der Waals surface area contributed by atoms with Crippen molar-refractivity contribution in [3.63, 3.8) is 0 Å². The third-order valence-corrected chi connectivity index (χ3v) is 5.24. The average Bonchev–Trinajstić information content (AvgIpc) is 3.00. The van der Waals surface area contributed by atoms with Crippen LogP contribution in [0, 0.1) is 5.92 Å². The van der Waals surface area contributed by atoms with Crippen LogP contribution in [0.5, 0.6) is 0 Å². The number of rotatable bonds is 4. The van der Waals surface area contributed by atoms with E-state index in [1.165, 1.54) is 0 Å². The fourth-order valence-corrected chi connectivity index (χ4v) is 3.72. The molecule has 0 spiro atoms. The van der Waals surface area contributed by atoms with E-state index in [0.29, 0.717) is 17.1 Å². The van der Waals surface area contributed by atoms with Gasteiger partial charge < -0.3 is 5.11 Å². The minimum Gasteiger partial charge on any atom is -0.362 e. The van der Waals surface area contributed by atoms with Crippen molar-refractivity contribution in [2.75, 3.05) is 0 Å². The van der Waals surface area contributed by atoms with Gasteiger partial charge in [0.15, 0.2) is 0 Å². The second kappa shape index (κ2) is 7.39. The first kappa shape index (κ1) is 18.9. The van der Waals surface area contributed by atoms with E-state index < -0.39 is 24.2 Å². The zero-order chi connectivity index (χ0) is 18.8. The van der Waals surface area contributed by atoms with Crippen molar-refractivity contribution in [2.45, 2.75) is 63.3 Å². The van der Waals surface area contributed by atoms with E-state index in [4.69, 9.17) is 0 Å². The zero-order valence-electron chi connectivity index (χ0n) is 14.5. The summed E-state index contributed by atoms with van der Waals surface area (Å²) in [5, 5.41) is 14.6. The SMILES string of the molecule is O=C(CCc1ccccc1)N1N=C(C2CCCCC2)C[C@]1(O)C(F)(F)F. The molecule has 0 radical (unpaired) electrons. The molecule has 1 heterocycles. The predicted molar refractivity (Wildman–Crippen MR) is 91.2 cm³/mol. The number of alkyl halides is 3. The zero-order valence-corrected chi connectivity index (χ0v) is 14.5. The number of hydrogen-bond donors (Lipinski definition) is 1. The number of benzene rings is 1. The largest absolute Gasteiger partial charge is 0.438 e. The van der Waals surface area contributed by atoms with Crippen LogP contribution in [-0.2, 0) is 11.2 Å². The summed E-state index contributed by atoms with van der Waals surface area (Å²) in [6.07, 6.45) is -0.952. The number of amides is 1. The normalized spacial score (nSPS) is 24.6. The summed E-state index contributed by atoms with van der Waals surface area (Å²) < 4.78 is 40.6. The fraction of sp³-hybridized carbons (Fsp3) is 0.579. The van der Waals surface area contributed by atoms with Crippen LogP contribution in [-0.4, -0.2) is 33.6 Å². The van der Waals surface area contributed by atoms with E-state index in [0.717, 1.165) is 37.7 Å². The Bertz CT molecular complexity index is 669. The number of halogens is 3. The van der Waals surface area contributed by atoms with Crippen LogP contribution < -0.4 is 0 Å². The molecule has 0 unspecified atom stereocenters. The lowest BCUT2D eigenvalue weighted by Crippen LogP contribution is -2.56. The molecule has 1 amide bonds.